The minimum absolute atomic E-state index is 0.156. The lowest BCUT2D eigenvalue weighted by Gasteiger charge is -2.12. The highest BCUT2D eigenvalue weighted by atomic mass is 79.9. The summed E-state index contributed by atoms with van der Waals surface area (Å²) in [5, 5.41) is 1.52. The molecule has 0 aliphatic rings. The molecule has 100 valence electrons. The van der Waals surface area contributed by atoms with Gasteiger partial charge in [-0.25, -0.2) is 0 Å². The van der Waals surface area contributed by atoms with Crippen LogP contribution in [0.4, 0.5) is 0 Å². The number of aromatic nitrogens is 1. The summed E-state index contributed by atoms with van der Waals surface area (Å²) in [5.74, 6) is 0. The second-order valence-electron chi connectivity index (χ2n) is 4.41. The van der Waals surface area contributed by atoms with E-state index in [2.05, 4.69) is 15.9 Å². The first-order valence-electron chi connectivity index (χ1n) is 6.16. The lowest BCUT2D eigenvalue weighted by molar-refractivity contribution is 0.163. The fraction of sp³-hybridized carbons (Fsp3) is 0.0625. The van der Waals surface area contributed by atoms with E-state index >= 15 is 0 Å². The fourth-order valence-corrected chi connectivity index (χ4v) is 2.64. The summed E-state index contributed by atoms with van der Waals surface area (Å²) >= 11 is 3.43. The van der Waals surface area contributed by atoms with Crippen molar-refractivity contribution in [1.29, 1.82) is 0 Å². The van der Waals surface area contributed by atoms with Gasteiger partial charge in [0, 0.05) is 10.0 Å². The third kappa shape index (κ3) is 2.12. The van der Waals surface area contributed by atoms with E-state index in [-0.39, 0.29) is 5.56 Å². The first kappa shape index (κ1) is 12.9. The Morgan fingerprint density at radius 3 is 2.50 bits per heavy atom. The van der Waals surface area contributed by atoms with Gasteiger partial charge in [0.2, 0.25) is 0 Å². The maximum absolute atomic E-state index is 12.5. The van der Waals surface area contributed by atoms with Crippen molar-refractivity contribution in [3.05, 3.63) is 69.4 Å². The molecule has 3 nitrogen and oxygen atoms in total. The van der Waals surface area contributed by atoms with E-state index in [0.717, 1.165) is 21.1 Å². The fourth-order valence-electron chi connectivity index (χ4n) is 2.26. The molecule has 0 unspecified atom stereocenters. The van der Waals surface area contributed by atoms with Crippen LogP contribution in [0.1, 0.15) is 0 Å². The number of hydrogen-bond acceptors (Lipinski definition) is 2. The van der Waals surface area contributed by atoms with E-state index in [1.54, 1.807) is 6.07 Å². The average molecular weight is 330 g/mol. The van der Waals surface area contributed by atoms with Gasteiger partial charge in [0.25, 0.3) is 5.56 Å². The molecule has 20 heavy (non-hydrogen) atoms. The van der Waals surface area contributed by atoms with E-state index in [1.165, 1.54) is 11.8 Å². The largest absolute Gasteiger partial charge is 0.413 e. The summed E-state index contributed by atoms with van der Waals surface area (Å²) in [4.78, 5) is 17.7. The molecular weight excluding hydrogens is 318 g/mol. The summed E-state index contributed by atoms with van der Waals surface area (Å²) in [6.07, 6.45) is 0. The molecule has 0 N–H and O–H groups in total. The van der Waals surface area contributed by atoms with Crippen LogP contribution in [0, 0.1) is 0 Å². The monoisotopic (exact) mass is 329 g/mol. The van der Waals surface area contributed by atoms with E-state index in [4.69, 9.17) is 4.84 Å². The van der Waals surface area contributed by atoms with Crippen LogP contribution in [0.25, 0.3) is 22.0 Å². The first-order valence-corrected chi connectivity index (χ1v) is 6.95. The number of pyridine rings is 1. The molecule has 3 aromatic rings. The van der Waals surface area contributed by atoms with Crippen LogP contribution in [0.2, 0.25) is 0 Å². The lowest BCUT2D eigenvalue weighted by atomic mass is 10.1. The van der Waals surface area contributed by atoms with Crippen molar-refractivity contribution in [2.24, 2.45) is 0 Å². The molecule has 2 aromatic carbocycles. The highest BCUT2D eigenvalue weighted by Gasteiger charge is 2.11. The standard InChI is InChI=1S/C16H12BrNO2/c1-20-18-15(11-5-3-2-4-6-11)10-12-9-13(17)7-8-14(12)16(18)19/h2-10H,1H3. The van der Waals surface area contributed by atoms with Crippen molar-refractivity contribution in [2.45, 2.75) is 0 Å². The van der Waals surface area contributed by atoms with Crippen molar-refractivity contribution in [1.82, 2.24) is 4.73 Å². The van der Waals surface area contributed by atoms with Gasteiger partial charge in [-0.3, -0.25) is 4.79 Å². The van der Waals surface area contributed by atoms with Crippen molar-refractivity contribution < 1.29 is 4.84 Å². The molecule has 0 radical (unpaired) electrons. The molecule has 0 saturated carbocycles. The molecule has 4 heteroatoms. The maximum atomic E-state index is 12.5. The Bertz CT molecular complexity index is 825. The third-order valence-electron chi connectivity index (χ3n) is 3.19. The number of halogens is 1. The molecule has 0 aliphatic heterocycles. The second kappa shape index (κ2) is 5.13. The molecule has 0 amide bonds. The van der Waals surface area contributed by atoms with Gasteiger partial charge >= 0.3 is 0 Å². The minimum Gasteiger partial charge on any atom is -0.413 e. The zero-order chi connectivity index (χ0) is 14.1. The van der Waals surface area contributed by atoms with E-state index in [0.29, 0.717) is 5.39 Å². The Labute approximate surface area is 124 Å². The van der Waals surface area contributed by atoms with Gasteiger partial charge in [-0.1, -0.05) is 46.3 Å². The zero-order valence-electron chi connectivity index (χ0n) is 10.8. The SMILES string of the molecule is COn1c(-c2ccccc2)cc2cc(Br)ccc2c1=O. The van der Waals surface area contributed by atoms with Crippen LogP contribution >= 0.6 is 15.9 Å². The quantitative estimate of drug-likeness (QED) is 0.720. The molecule has 1 aromatic heterocycles. The molecule has 0 bridgehead atoms. The minimum atomic E-state index is -0.156. The summed E-state index contributed by atoms with van der Waals surface area (Å²) in [5.41, 5.74) is 1.52. The van der Waals surface area contributed by atoms with Crippen LogP contribution in [0.15, 0.2) is 63.9 Å². The van der Waals surface area contributed by atoms with Crippen molar-refractivity contribution in [3.63, 3.8) is 0 Å². The number of hydrogen-bond donors (Lipinski definition) is 0. The van der Waals surface area contributed by atoms with E-state index in [1.807, 2.05) is 48.5 Å². The van der Waals surface area contributed by atoms with Crippen LogP contribution in [0.5, 0.6) is 0 Å². The molecular formula is C16H12BrNO2. The first-order chi connectivity index (χ1) is 9.70. The van der Waals surface area contributed by atoms with E-state index in [9.17, 15) is 4.79 Å². The van der Waals surface area contributed by atoms with Gasteiger partial charge in [-0.2, -0.15) is 0 Å². The summed E-state index contributed by atoms with van der Waals surface area (Å²) in [7, 11) is 1.50. The zero-order valence-corrected chi connectivity index (χ0v) is 12.4. The van der Waals surface area contributed by atoms with Crippen LogP contribution < -0.4 is 10.4 Å². The number of fused-ring (bicyclic) bond motifs is 1. The molecule has 0 fully saturated rings. The Kier molecular flexibility index (Phi) is 3.32. The lowest BCUT2D eigenvalue weighted by Crippen LogP contribution is -2.26. The van der Waals surface area contributed by atoms with Gasteiger partial charge in [0.15, 0.2) is 0 Å². The smallest absolute Gasteiger partial charge is 0.291 e. The molecule has 0 atom stereocenters. The Morgan fingerprint density at radius 1 is 1.05 bits per heavy atom. The van der Waals surface area contributed by atoms with Gasteiger partial charge in [0.1, 0.15) is 7.11 Å². The van der Waals surface area contributed by atoms with Crippen molar-refractivity contribution in [3.8, 4) is 11.3 Å². The van der Waals surface area contributed by atoms with Gasteiger partial charge in [-0.15, -0.1) is 4.73 Å². The highest BCUT2D eigenvalue weighted by Crippen LogP contribution is 2.23. The Balaban J connectivity index is 2.39. The predicted molar refractivity (Wildman–Crippen MR) is 83.8 cm³/mol. The normalized spacial score (nSPS) is 10.7. The van der Waals surface area contributed by atoms with Crippen LogP contribution in [-0.4, -0.2) is 11.8 Å². The maximum Gasteiger partial charge on any atom is 0.291 e. The van der Waals surface area contributed by atoms with Gasteiger partial charge < -0.3 is 4.84 Å². The highest BCUT2D eigenvalue weighted by molar-refractivity contribution is 9.10. The Hall–Kier alpha value is -2.07. The third-order valence-corrected chi connectivity index (χ3v) is 3.68. The van der Waals surface area contributed by atoms with Crippen LogP contribution in [-0.2, 0) is 0 Å². The number of benzene rings is 2. The second-order valence-corrected chi connectivity index (χ2v) is 5.32. The summed E-state index contributed by atoms with van der Waals surface area (Å²) < 4.78 is 2.27. The van der Waals surface area contributed by atoms with Crippen LogP contribution in [0.3, 0.4) is 0 Å². The van der Waals surface area contributed by atoms with Gasteiger partial charge in [0.05, 0.1) is 11.1 Å². The average Bonchev–Trinajstić information content (AvgIpc) is 2.47. The van der Waals surface area contributed by atoms with E-state index < -0.39 is 0 Å². The predicted octanol–water partition coefficient (Wildman–Crippen LogP) is 3.49. The van der Waals surface area contributed by atoms with Crippen molar-refractivity contribution >= 4 is 26.7 Å². The molecule has 0 aliphatic carbocycles. The number of nitrogens with zero attached hydrogens (tertiary/aromatic N) is 1. The molecule has 0 spiro atoms. The summed E-state index contributed by atoms with van der Waals surface area (Å²) in [6, 6.07) is 17.3. The molecule has 1 heterocycles. The molecule has 3 rings (SSSR count). The topological polar surface area (TPSA) is 31.2 Å². The van der Waals surface area contributed by atoms with Crippen molar-refractivity contribution in [2.75, 3.05) is 7.11 Å². The Morgan fingerprint density at radius 2 is 1.80 bits per heavy atom. The molecule has 0 saturated heterocycles. The number of rotatable bonds is 2. The van der Waals surface area contributed by atoms with Gasteiger partial charge in [-0.05, 0) is 29.7 Å². The summed E-state index contributed by atoms with van der Waals surface area (Å²) in [6.45, 7) is 0.